The minimum absolute atomic E-state index is 0. The minimum atomic E-state index is 0. The van der Waals surface area contributed by atoms with Crippen LogP contribution in [0.2, 0.25) is 0 Å². The highest BCUT2D eigenvalue weighted by atomic mass is 32.1. The number of carbonyl (C=O) groups is 1. The molecule has 5 heteroatoms. The fraction of sp³-hybridized carbons (Fsp3) is 0.474. The SMILES string of the molecule is C[C@H]1CCCN1CCCOc1ccc(C2=NCC(=O)C=C2)cc1.S. The number of dihydropyridines is 1. The van der Waals surface area contributed by atoms with Gasteiger partial charge in [0, 0.05) is 12.6 Å². The zero-order valence-corrected chi connectivity index (χ0v) is 15.2. The van der Waals surface area contributed by atoms with E-state index in [0.29, 0.717) is 0 Å². The first-order valence-corrected chi connectivity index (χ1v) is 8.45. The van der Waals surface area contributed by atoms with Crippen LogP contribution >= 0.6 is 13.5 Å². The number of hydrogen-bond acceptors (Lipinski definition) is 4. The molecule has 1 fully saturated rings. The number of ketones is 1. The summed E-state index contributed by atoms with van der Waals surface area (Å²) in [5.74, 6) is 0.945. The second-order valence-corrected chi connectivity index (χ2v) is 6.25. The summed E-state index contributed by atoms with van der Waals surface area (Å²) in [7, 11) is 0. The summed E-state index contributed by atoms with van der Waals surface area (Å²) in [6, 6.07) is 8.67. The van der Waals surface area contributed by atoms with Gasteiger partial charge in [0.1, 0.15) is 12.3 Å². The lowest BCUT2D eigenvalue weighted by molar-refractivity contribution is -0.113. The van der Waals surface area contributed by atoms with Crippen LogP contribution in [0, 0.1) is 0 Å². The van der Waals surface area contributed by atoms with Crippen LogP contribution in [0.25, 0.3) is 0 Å². The highest BCUT2D eigenvalue weighted by molar-refractivity contribution is 7.59. The van der Waals surface area contributed by atoms with E-state index in [4.69, 9.17) is 4.74 Å². The van der Waals surface area contributed by atoms with Crippen molar-refractivity contribution in [3.63, 3.8) is 0 Å². The summed E-state index contributed by atoms with van der Waals surface area (Å²) in [6.07, 6.45) is 7.08. The Morgan fingerprint density at radius 3 is 2.67 bits per heavy atom. The number of benzene rings is 1. The van der Waals surface area contributed by atoms with Gasteiger partial charge in [0.15, 0.2) is 5.78 Å². The lowest BCUT2D eigenvalue weighted by atomic mass is 10.1. The third kappa shape index (κ3) is 4.95. The zero-order valence-electron chi connectivity index (χ0n) is 14.2. The molecule has 3 rings (SSSR count). The monoisotopic (exact) mass is 346 g/mol. The van der Waals surface area contributed by atoms with Gasteiger partial charge in [-0.05, 0) is 74.7 Å². The molecule has 1 atom stereocenters. The van der Waals surface area contributed by atoms with Crippen LogP contribution in [-0.2, 0) is 4.79 Å². The summed E-state index contributed by atoms with van der Waals surface area (Å²) < 4.78 is 5.82. The molecule has 0 aliphatic carbocycles. The van der Waals surface area contributed by atoms with Gasteiger partial charge in [-0.2, -0.15) is 13.5 Å². The second kappa shape index (κ2) is 9.04. The van der Waals surface area contributed by atoms with Crippen molar-refractivity contribution in [1.29, 1.82) is 0 Å². The Hall–Kier alpha value is -1.59. The lowest BCUT2D eigenvalue weighted by Gasteiger charge is -2.20. The molecule has 0 radical (unpaired) electrons. The van der Waals surface area contributed by atoms with Crippen LogP contribution in [0.3, 0.4) is 0 Å². The quantitative estimate of drug-likeness (QED) is 0.744. The molecule has 1 aromatic carbocycles. The molecule has 2 aliphatic rings. The molecular formula is C19H26N2O2S. The average Bonchev–Trinajstić information content (AvgIpc) is 2.98. The number of nitrogens with zero attached hydrogens (tertiary/aromatic N) is 2. The minimum Gasteiger partial charge on any atom is -0.494 e. The second-order valence-electron chi connectivity index (χ2n) is 6.25. The number of allylic oxidation sites excluding steroid dienone is 1. The van der Waals surface area contributed by atoms with Gasteiger partial charge in [0.25, 0.3) is 0 Å². The van der Waals surface area contributed by atoms with Crippen LogP contribution in [-0.4, -0.2) is 48.7 Å². The molecule has 2 aliphatic heterocycles. The zero-order chi connectivity index (χ0) is 16.1. The maximum Gasteiger partial charge on any atom is 0.177 e. The molecule has 1 aromatic rings. The molecule has 130 valence electrons. The summed E-state index contributed by atoms with van der Waals surface area (Å²) >= 11 is 0. The molecule has 4 nitrogen and oxygen atoms in total. The number of hydrogen-bond donors (Lipinski definition) is 0. The predicted molar refractivity (Wildman–Crippen MR) is 103 cm³/mol. The first-order valence-electron chi connectivity index (χ1n) is 8.45. The Labute approximate surface area is 151 Å². The van der Waals surface area contributed by atoms with Gasteiger partial charge < -0.3 is 9.64 Å². The van der Waals surface area contributed by atoms with E-state index in [0.717, 1.165) is 42.6 Å². The molecule has 24 heavy (non-hydrogen) atoms. The van der Waals surface area contributed by atoms with Crippen molar-refractivity contribution < 1.29 is 9.53 Å². The topological polar surface area (TPSA) is 41.9 Å². The molecule has 0 spiro atoms. The van der Waals surface area contributed by atoms with E-state index in [-0.39, 0.29) is 25.8 Å². The third-order valence-corrected chi connectivity index (χ3v) is 4.53. The van der Waals surface area contributed by atoms with Crippen LogP contribution in [0.4, 0.5) is 0 Å². The van der Waals surface area contributed by atoms with Crippen molar-refractivity contribution in [2.24, 2.45) is 4.99 Å². The number of likely N-dealkylation sites (tertiary alicyclic amines) is 1. The number of rotatable bonds is 6. The Bertz CT molecular complexity index is 610. The van der Waals surface area contributed by atoms with Gasteiger partial charge in [0.05, 0.1) is 12.3 Å². The van der Waals surface area contributed by atoms with E-state index >= 15 is 0 Å². The van der Waals surface area contributed by atoms with E-state index in [9.17, 15) is 4.79 Å². The van der Waals surface area contributed by atoms with E-state index < -0.39 is 0 Å². The van der Waals surface area contributed by atoms with E-state index in [1.807, 2.05) is 24.3 Å². The van der Waals surface area contributed by atoms with E-state index in [2.05, 4.69) is 16.8 Å². The third-order valence-electron chi connectivity index (χ3n) is 4.53. The maximum absolute atomic E-state index is 11.1. The van der Waals surface area contributed by atoms with Crippen molar-refractivity contribution in [1.82, 2.24) is 4.90 Å². The van der Waals surface area contributed by atoms with Gasteiger partial charge in [0.2, 0.25) is 0 Å². The van der Waals surface area contributed by atoms with Gasteiger partial charge in [-0.15, -0.1) is 0 Å². The number of aliphatic imine (C=N–C) groups is 1. The Morgan fingerprint density at radius 1 is 1.25 bits per heavy atom. The van der Waals surface area contributed by atoms with Gasteiger partial charge >= 0.3 is 0 Å². The number of ether oxygens (including phenoxy) is 1. The first-order chi connectivity index (χ1) is 11.2. The molecule has 0 bridgehead atoms. The average molecular weight is 346 g/mol. The molecule has 0 N–H and O–H groups in total. The van der Waals surface area contributed by atoms with Gasteiger partial charge in [-0.1, -0.05) is 0 Å². The van der Waals surface area contributed by atoms with Crippen molar-refractivity contribution in [3.05, 3.63) is 42.0 Å². The summed E-state index contributed by atoms with van der Waals surface area (Å²) in [5, 5.41) is 0. The lowest BCUT2D eigenvalue weighted by Crippen LogP contribution is -2.28. The first kappa shape index (κ1) is 18.7. The highest BCUT2D eigenvalue weighted by Gasteiger charge is 2.19. The molecule has 2 heterocycles. The van der Waals surface area contributed by atoms with Gasteiger partial charge in [-0.25, -0.2) is 0 Å². The Balaban J connectivity index is 0.00000208. The molecule has 1 saturated heterocycles. The van der Waals surface area contributed by atoms with Gasteiger partial charge in [-0.3, -0.25) is 9.79 Å². The summed E-state index contributed by atoms with van der Waals surface area (Å²) in [5.41, 5.74) is 1.88. The standard InChI is InChI=1S/C19H24N2O2.H2S/c1-15-4-2-11-21(15)12-3-13-23-18-8-5-16(6-9-18)19-10-7-17(22)14-20-19;/h5-10,15H,2-4,11-14H2,1H3;1H2/t15-;/m0./s1. The fourth-order valence-electron chi connectivity index (χ4n) is 3.13. The molecule has 0 aromatic heterocycles. The van der Waals surface area contributed by atoms with Crippen molar-refractivity contribution >= 4 is 25.0 Å². The van der Waals surface area contributed by atoms with E-state index in [1.54, 1.807) is 12.2 Å². The predicted octanol–water partition coefficient (Wildman–Crippen LogP) is 2.98. The van der Waals surface area contributed by atoms with Crippen molar-refractivity contribution in [3.8, 4) is 5.75 Å². The smallest absolute Gasteiger partial charge is 0.177 e. The highest BCUT2D eigenvalue weighted by Crippen LogP contribution is 2.17. The Kier molecular flexibility index (Phi) is 7.06. The largest absolute Gasteiger partial charge is 0.494 e. The Morgan fingerprint density at radius 2 is 2.04 bits per heavy atom. The van der Waals surface area contributed by atoms with Crippen LogP contribution < -0.4 is 4.74 Å². The summed E-state index contributed by atoms with van der Waals surface area (Å²) in [6.45, 7) is 5.66. The van der Waals surface area contributed by atoms with Crippen LogP contribution in [0.1, 0.15) is 31.7 Å². The van der Waals surface area contributed by atoms with Crippen molar-refractivity contribution in [2.75, 3.05) is 26.2 Å². The van der Waals surface area contributed by atoms with Crippen LogP contribution in [0.5, 0.6) is 5.75 Å². The van der Waals surface area contributed by atoms with Crippen molar-refractivity contribution in [2.45, 2.75) is 32.2 Å². The number of carbonyl (C=O) groups excluding carboxylic acids is 1. The molecular weight excluding hydrogens is 320 g/mol. The van der Waals surface area contributed by atoms with Crippen LogP contribution in [0.15, 0.2) is 41.4 Å². The molecule has 0 saturated carbocycles. The maximum atomic E-state index is 11.1. The van der Waals surface area contributed by atoms with E-state index in [1.165, 1.54) is 19.4 Å². The normalized spacial score (nSPS) is 20.6. The molecule has 0 amide bonds. The fourth-order valence-corrected chi connectivity index (χ4v) is 3.13. The summed E-state index contributed by atoms with van der Waals surface area (Å²) in [4.78, 5) is 18.0. The molecule has 0 unspecified atom stereocenters.